The third-order valence-corrected chi connectivity index (χ3v) is 4.71. The lowest BCUT2D eigenvalue weighted by atomic mass is 9.92. The van der Waals surface area contributed by atoms with Gasteiger partial charge in [0.25, 0.3) is 5.91 Å². The van der Waals surface area contributed by atoms with Gasteiger partial charge in [0.15, 0.2) is 0 Å². The van der Waals surface area contributed by atoms with E-state index in [1.54, 1.807) is 25.3 Å². The number of ether oxygens (including phenoxy) is 2. The van der Waals surface area contributed by atoms with Crippen molar-refractivity contribution in [3.05, 3.63) is 29.8 Å². The second-order valence-corrected chi connectivity index (χ2v) is 6.37. The van der Waals surface area contributed by atoms with Crippen LogP contribution in [-0.2, 0) is 9.47 Å². The summed E-state index contributed by atoms with van der Waals surface area (Å²) in [4.78, 5) is 14.4. The first kappa shape index (κ1) is 15.3. The SMILES string of the molecule is COCC[C@H]1CO[C@]2(CCN(C(=O)c3cccc(O)c3)C2)C1. The predicted octanol–water partition coefficient (Wildman–Crippen LogP) is 2.05. The van der Waals surface area contributed by atoms with Crippen LogP contribution in [0.1, 0.15) is 29.6 Å². The highest BCUT2D eigenvalue weighted by Crippen LogP contribution is 2.39. The van der Waals surface area contributed by atoms with Crippen molar-refractivity contribution in [2.45, 2.75) is 24.9 Å². The summed E-state index contributed by atoms with van der Waals surface area (Å²) in [5.41, 5.74) is 0.358. The van der Waals surface area contributed by atoms with Crippen molar-refractivity contribution in [3.8, 4) is 5.75 Å². The van der Waals surface area contributed by atoms with E-state index in [1.165, 1.54) is 6.07 Å². The van der Waals surface area contributed by atoms with Crippen molar-refractivity contribution in [1.29, 1.82) is 0 Å². The topological polar surface area (TPSA) is 59.0 Å². The number of nitrogens with zero attached hydrogens (tertiary/aromatic N) is 1. The van der Waals surface area contributed by atoms with Crippen LogP contribution in [0.2, 0.25) is 0 Å². The molecule has 1 N–H and O–H groups in total. The van der Waals surface area contributed by atoms with Gasteiger partial charge in [-0.3, -0.25) is 4.79 Å². The molecule has 2 aliphatic heterocycles. The molecule has 1 spiro atoms. The fourth-order valence-electron chi connectivity index (χ4n) is 3.53. The summed E-state index contributed by atoms with van der Waals surface area (Å²) in [6, 6.07) is 6.53. The number of hydrogen-bond acceptors (Lipinski definition) is 4. The van der Waals surface area contributed by atoms with Crippen molar-refractivity contribution in [2.75, 3.05) is 33.4 Å². The number of carbonyl (C=O) groups is 1. The van der Waals surface area contributed by atoms with E-state index >= 15 is 0 Å². The molecule has 1 aromatic carbocycles. The van der Waals surface area contributed by atoms with Crippen LogP contribution in [0.4, 0.5) is 0 Å². The Bertz CT molecular complexity index is 547. The van der Waals surface area contributed by atoms with Crippen molar-refractivity contribution < 1.29 is 19.4 Å². The number of carbonyl (C=O) groups excluding carboxylic acids is 1. The molecule has 0 unspecified atom stereocenters. The fourth-order valence-corrected chi connectivity index (χ4v) is 3.53. The Labute approximate surface area is 130 Å². The van der Waals surface area contributed by atoms with Gasteiger partial charge in [-0.2, -0.15) is 0 Å². The smallest absolute Gasteiger partial charge is 0.254 e. The van der Waals surface area contributed by atoms with Gasteiger partial charge in [-0.25, -0.2) is 0 Å². The van der Waals surface area contributed by atoms with E-state index in [4.69, 9.17) is 9.47 Å². The standard InChI is InChI=1S/C17H23NO4/c1-21-8-5-13-10-17(22-11-13)6-7-18(12-17)16(20)14-3-2-4-15(19)9-14/h2-4,9,13,19H,5-8,10-12H2,1H3/t13-,17-/m1/s1. The molecule has 120 valence electrons. The zero-order valence-electron chi connectivity index (χ0n) is 13.0. The normalized spacial score (nSPS) is 27.7. The minimum Gasteiger partial charge on any atom is -0.508 e. The number of rotatable bonds is 4. The molecule has 1 amide bonds. The second kappa shape index (κ2) is 6.26. The molecule has 1 aromatic rings. The van der Waals surface area contributed by atoms with Crippen LogP contribution >= 0.6 is 0 Å². The van der Waals surface area contributed by atoms with Gasteiger partial charge < -0.3 is 19.5 Å². The molecule has 5 nitrogen and oxygen atoms in total. The van der Waals surface area contributed by atoms with Gasteiger partial charge in [-0.15, -0.1) is 0 Å². The maximum absolute atomic E-state index is 12.5. The number of methoxy groups -OCH3 is 1. The van der Waals surface area contributed by atoms with Crippen molar-refractivity contribution >= 4 is 5.91 Å². The zero-order valence-corrected chi connectivity index (χ0v) is 13.0. The lowest BCUT2D eigenvalue weighted by molar-refractivity contribution is 0.0113. The Balaban J connectivity index is 1.62. The fraction of sp³-hybridized carbons (Fsp3) is 0.588. The van der Waals surface area contributed by atoms with Crippen LogP contribution in [-0.4, -0.2) is 54.9 Å². The largest absolute Gasteiger partial charge is 0.508 e. The van der Waals surface area contributed by atoms with Crippen LogP contribution in [0.5, 0.6) is 5.75 Å². The Kier molecular flexibility index (Phi) is 4.36. The lowest BCUT2D eigenvalue weighted by Crippen LogP contribution is -2.35. The van der Waals surface area contributed by atoms with E-state index in [1.807, 2.05) is 4.90 Å². The molecule has 22 heavy (non-hydrogen) atoms. The summed E-state index contributed by atoms with van der Waals surface area (Å²) >= 11 is 0. The minimum atomic E-state index is -0.176. The van der Waals surface area contributed by atoms with E-state index in [9.17, 15) is 9.90 Å². The number of amides is 1. The third-order valence-electron chi connectivity index (χ3n) is 4.71. The molecule has 0 radical (unpaired) electrons. The van der Waals surface area contributed by atoms with Crippen LogP contribution in [0.25, 0.3) is 0 Å². The van der Waals surface area contributed by atoms with Crippen LogP contribution in [0.3, 0.4) is 0 Å². The van der Waals surface area contributed by atoms with E-state index in [0.29, 0.717) is 24.6 Å². The summed E-state index contributed by atoms with van der Waals surface area (Å²) in [5.74, 6) is 0.615. The molecular weight excluding hydrogens is 282 g/mol. The average Bonchev–Trinajstić information content (AvgIpc) is 3.12. The maximum atomic E-state index is 12.5. The van der Waals surface area contributed by atoms with Crippen molar-refractivity contribution in [1.82, 2.24) is 4.90 Å². The molecule has 2 atom stereocenters. The van der Waals surface area contributed by atoms with Crippen LogP contribution in [0, 0.1) is 5.92 Å². The molecule has 2 aliphatic rings. The Hall–Kier alpha value is -1.59. The summed E-state index contributed by atoms with van der Waals surface area (Å²) in [7, 11) is 1.72. The Morgan fingerprint density at radius 2 is 2.41 bits per heavy atom. The average molecular weight is 305 g/mol. The van der Waals surface area contributed by atoms with Crippen molar-refractivity contribution in [2.24, 2.45) is 5.92 Å². The molecule has 3 rings (SSSR count). The first-order valence-electron chi connectivity index (χ1n) is 7.83. The second-order valence-electron chi connectivity index (χ2n) is 6.37. The van der Waals surface area contributed by atoms with E-state index < -0.39 is 0 Å². The molecule has 0 aromatic heterocycles. The van der Waals surface area contributed by atoms with E-state index in [2.05, 4.69) is 0 Å². The van der Waals surface area contributed by atoms with E-state index in [-0.39, 0.29) is 17.3 Å². The number of benzene rings is 1. The first-order valence-corrected chi connectivity index (χ1v) is 7.83. The van der Waals surface area contributed by atoms with Gasteiger partial charge in [0.05, 0.1) is 18.8 Å². The first-order chi connectivity index (χ1) is 10.6. The summed E-state index contributed by atoms with van der Waals surface area (Å²) < 4.78 is 11.2. The number of phenols is 1. The number of likely N-dealkylation sites (tertiary alicyclic amines) is 1. The van der Waals surface area contributed by atoms with Crippen molar-refractivity contribution in [3.63, 3.8) is 0 Å². The molecular formula is C17H23NO4. The Morgan fingerprint density at radius 3 is 3.18 bits per heavy atom. The summed E-state index contributed by atoms with van der Waals surface area (Å²) in [5, 5.41) is 9.52. The molecule has 0 saturated carbocycles. The molecule has 0 aliphatic carbocycles. The number of hydrogen-bond donors (Lipinski definition) is 1. The molecule has 5 heteroatoms. The Morgan fingerprint density at radius 1 is 1.55 bits per heavy atom. The molecule has 2 saturated heterocycles. The quantitative estimate of drug-likeness (QED) is 0.925. The molecule has 0 bridgehead atoms. The number of aromatic hydroxyl groups is 1. The van der Waals surface area contributed by atoms with Gasteiger partial charge in [0.2, 0.25) is 0 Å². The van der Waals surface area contributed by atoms with Crippen LogP contribution in [0.15, 0.2) is 24.3 Å². The summed E-state index contributed by atoms with van der Waals surface area (Å²) in [6.45, 7) is 2.88. The third kappa shape index (κ3) is 3.10. The molecule has 2 fully saturated rings. The highest BCUT2D eigenvalue weighted by molar-refractivity contribution is 5.94. The van der Waals surface area contributed by atoms with E-state index in [0.717, 1.165) is 32.5 Å². The lowest BCUT2D eigenvalue weighted by Gasteiger charge is -2.23. The maximum Gasteiger partial charge on any atom is 0.254 e. The van der Waals surface area contributed by atoms with Gasteiger partial charge in [-0.1, -0.05) is 6.07 Å². The predicted molar refractivity (Wildman–Crippen MR) is 81.9 cm³/mol. The van der Waals surface area contributed by atoms with Gasteiger partial charge >= 0.3 is 0 Å². The highest BCUT2D eigenvalue weighted by Gasteiger charge is 2.46. The monoisotopic (exact) mass is 305 g/mol. The zero-order chi connectivity index (χ0) is 15.6. The molecule has 2 heterocycles. The minimum absolute atomic E-state index is 0.0308. The summed E-state index contributed by atoms with van der Waals surface area (Å²) in [6.07, 6.45) is 2.90. The van der Waals surface area contributed by atoms with Gasteiger partial charge in [0.1, 0.15) is 5.75 Å². The van der Waals surface area contributed by atoms with Crippen LogP contribution < -0.4 is 0 Å². The van der Waals surface area contributed by atoms with Gasteiger partial charge in [0, 0.05) is 25.8 Å². The van der Waals surface area contributed by atoms with Gasteiger partial charge in [-0.05, 0) is 43.4 Å². The number of phenolic OH excluding ortho intramolecular Hbond substituents is 1. The highest BCUT2D eigenvalue weighted by atomic mass is 16.5.